The lowest BCUT2D eigenvalue weighted by atomic mass is 10.0. The van der Waals surface area contributed by atoms with Crippen LogP contribution in [-0.2, 0) is 0 Å². The maximum Gasteiger partial charge on any atom is 0.0411 e. The van der Waals surface area contributed by atoms with Gasteiger partial charge in [0.15, 0.2) is 0 Å². The maximum atomic E-state index is 3.54. The van der Waals surface area contributed by atoms with Crippen molar-refractivity contribution in [2.24, 2.45) is 0 Å². The van der Waals surface area contributed by atoms with E-state index in [0.29, 0.717) is 0 Å². The molecular weight excluding hydrogens is 182 g/mol. The average molecular weight is 201 g/mol. The van der Waals surface area contributed by atoms with Crippen molar-refractivity contribution in [1.82, 2.24) is 0 Å². The Morgan fingerprint density at radius 2 is 2.00 bits per heavy atom. The lowest BCUT2D eigenvalue weighted by molar-refractivity contribution is 0.704. The second kappa shape index (κ2) is 4.52. The number of hydrogen-bond acceptors (Lipinski definition) is 1. The van der Waals surface area contributed by atoms with Gasteiger partial charge >= 0.3 is 0 Å². The molecule has 0 aromatic heterocycles. The second-order valence-corrected chi connectivity index (χ2v) is 4.42. The van der Waals surface area contributed by atoms with E-state index < -0.39 is 0 Å². The normalized spacial score (nSPS) is 16.0. The molecule has 1 N–H and O–H groups in total. The standard InChI is InChI=1S/C14H19N/c1-11-8-9-14(12(2)10-11)15-13-6-4-3-5-7-13/h6,8-10,15H,3-5,7H2,1-2H3. The topological polar surface area (TPSA) is 12.0 Å². The fourth-order valence-electron chi connectivity index (χ4n) is 2.08. The molecule has 0 spiro atoms. The van der Waals surface area contributed by atoms with Gasteiger partial charge in [-0.15, -0.1) is 0 Å². The smallest absolute Gasteiger partial charge is 0.0411 e. The van der Waals surface area contributed by atoms with Crippen LogP contribution < -0.4 is 5.32 Å². The molecule has 0 radical (unpaired) electrons. The molecule has 1 aliphatic carbocycles. The highest BCUT2D eigenvalue weighted by molar-refractivity contribution is 5.55. The summed E-state index contributed by atoms with van der Waals surface area (Å²) in [7, 11) is 0. The largest absolute Gasteiger partial charge is 0.359 e. The van der Waals surface area contributed by atoms with Gasteiger partial charge in [-0.2, -0.15) is 0 Å². The van der Waals surface area contributed by atoms with E-state index in [-0.39, 0.29) is 0 Å². The van der Waals surface area contributed by atoms with Crippen molar-refractivity contribution in [3.8, 4) is 0 Å². The monoisotopic (exact) mass is 201 g/mol. The van der Waals surface area contributed by atoms with Crippen LogP contribution >= 0.6 is 0 Å². The van der Waals surface area contributed by atoms with Gasteiger partial charge in [-0.25, -0.2) is 0 Å². The molecule has 0 amide bonds. The summed E-state index contributed by atoms with van der Waals surface area (Å²) in [5.41, 5.74) is 5.32. The van der Waals surface area contributed by atoms with Crippen LogP contribution in [0.5, 0.6) is 0 Å². The van der Waals surface area contributed by atoms with Crippen molar-refractivity contribution in [2.45, 2.75) is 39.5 Å². The van der Waals surface area contributed by atoms with Crippen molar-refractivity contribution >= 4 is 5.69 Å². The van der Waals surface area contributed by atoms with Gasteiger partial charge in [0, 0.05) is 11.4 Å². The predicted octanol–water partition coefficient (Wildman–Crippen LogP) is 4.17. The van der Waals surface area contributed by atoms with E-state index in [0.717, 1.165) is 0 Å². The molecule has 0 saturated heterocycles. The maximum absolute atomic E-state index is 3.54. The average Bonchev–Trinajstić information content (AvgIpc) is 2.24. The van der Waals surface area contributed by atoms with Gasteiger partial charge in [0.05, 0.1) is 0 Å². The second-order valence-electron chi connectivity index (χ2n) is 4.42. The molecule has 1 aromatic carbocycles. The zero-order valence-electron chi connectivity index (χ0n) is 9.64. The Kier molecular flexibility index (Phi) is 3.10. The summed E-state index contributed by atoms with van der Waals surface area (Å²) in [6.07, 6.45) is 7.44. The molecule has 0 unspecified atom stereocenters. The quantitative estimate of drug-likeness (QED) is 0.757. The molecule has 0 bridgehead atoms. The summed E-state index contributed by atoms with van der Waals surface area (Å²) in [4.78, 5) is 0. The Labute approximate surface area is 92.2 Å². The molecule has 2 rings (SSSR count). The lowest BCUT2D eigenvalue weighted by Crippen LogP contribution is -2.04. The summed E-state index contributed by atoms with van der Waals surface area (Å²) in [5, 5.41) is 3.54. The van der Waals surface area contributed by atoms with Crippen molar-refractivity contribution in [2.75, 3.05) is 5.32 Å². The molecule has 0 atom stereocenters. The number of allylic oxidation sites excluding steroid dienone is 2. The Morgan fingerprint density at radius 3 is 2.67 bits per heavy atom. The summed E-state index contributed by atoms with van der Waals surface area (Å²) in [6, 6.07) is 6.57. The Hall–Kier alpha value is -1.24. The molecule has 0 aliphatic heterocycles. The highest BCUT2D eigenvalue weighted by Crippen LogP contribution is 2.22. The summed E-state index contributed by atoms with van der Waals surface area (Å²) in [6.45, 7) is 4.30. The van der Waals surface area contributed by atoms with Crippen LogP contribution in [-0.4, -0.2) is 0 Å². The number of aryl methyl sites for hydroxylation is 2. The third kappa shape index (κ3) is 2.62. The van der Waals surface area contributed by atoms with E-state index in [2.05, 4.69) is 43.4 Å². The Balaban J connectivity index is 2.13. The van der Waals surface area contributed by atoms with Crippen molar-refractivity contribution in [3.63, 3.8) is 0 Å². The molecule has 1 aliphatic rings. The summed E-state index contributed by atoms with van der Waals surface area (Å²) in [5.74, 6) is 0. The predicted molar refractivity (Wildman–Crippen MR) is 66.1 cm³/mol. The highest BCUT2D eigenvalue weighted by Gasteiger charge is 2.05. The molecule has 0 heterocycles. The number of hydrogen-bond donors (Lipinski definition) is 1. The van der Waals surface area contributed by atoms with E-state index in [1.807, 2.05) is 0 Å². The van der Waals surface area contributed by atoms with E-state index >= 15 is 0 Å². The minimum atomic E-state index is 1.20. The third-order valence-corrected chi connectivity index (χ3v) is 2.97. The molecule has 15 heavy (non-hydrogen) atoms. The molecular formula is C14H19N. The summed E-state index contributed by atoms with van der Waals surface area (Å²) >= 11 is 0. The number of rotatable bonds is 2. The Morgan fingerprint density at radius 1 is 1.13 bits per heavy atom. The molecule has 1 nitrogen and oxygen atoms in total. The van der Waals surface area contributed by atoms with Crippen LogP contribution in [0.25, 0.3) is 0 Å². The van der Waals surface area contributed by atoms with E-state index in [4.69, 9.17) is 0 Å². The summed E-state index contributed by atoms with van der Waals surface area (Å²) < 4.78 is 0. The lowest BCUT2D eigenvalue weighted by Gasteiger charge is -2.16. The van der Waals surface area contributed by atoms with E-state index in [1.165, 1.54) is 48.2 Å². The molecule has 0 saturated carbocycles. The van der Waals surface area contributed by atoms with Crippen molar-refractivity contribution < 1.29 is 0 Å². The first-order chi connectivity index (χ1) is 7.25. The number of benzene rings is 1. The van der Waals surface area contributed by atoms with Gasteiger partial charge in [0.1, 0.15) is 0 Å². The first-order valence-electron chi connectivity index (χ1n) is 5.79. The highest BCUT2D eigenvalue weighted by atomic mass is 14.9. The van der Waals surface area contributed by atoms with Gasteiger partial charge in [0.2, 0.25) is 0 Å². The number of nitrogens with one attached hydrogen (secondary N) is 1. The van der Waals surface area contributed by atoms with Gasteiger partial charge < -0.3 is 5.32 Å². The van der Waals surface area contributed by atoms with Gasteiger partial charge in [-0.3, -0.25) is 0 Å². The van der Waals surface area contributed by atoms with Crippen molar-refractivity contribution in [1.29, 1.82) is 0 Å². The molecule has 1 aromatic rings. The van der Waals surface area contributed by atoms with Crippen LogP contribution in [0.2, 0.25) is 0 Å². The fourth-order valence-corrected chi connectivity index (χ4v) is 2.08. The third-order valence-electron chi connectivity index (χ3n) is 2.97. The first kappa shape index (κ1) is 10.3. The zero-order valence-corrected chi connectivity index (χ0v) is 9.64. The first-order valence-corrected chi connectivity index (χ1v) is 5.79. The van der Waals surface area contributed by atoms with Crippen LogP contribution in [0, 0.1) is 13.8 Å². The number of anilines is 1. The Bertz CT molecular complexity index is 377. The molecule has 80 valence electrons. The van der Waals surface area contributed by atoms with Gasteiger partial charge in [0.25, 0.3) is 0 Å². The van der Waals surface area contributed by atoms with Gasteiger partial charge in [-0.1, -0.05) is 23.8 Å². The van der Waals surface area contributed by atoms with E-state index in [9.17, 15) is 0 Å². The minimum absolute atomic E-state index is 1.20. The van der Waals surface area contributed by atoms with Crippen LogP contribution in [0.3, 0.4) is 0 Å². The van der Waals surface area contributed by atoms with Crippen LogP contribution in [0.15, 0.2) is 30.0 Å². The van der Waals surface area contributed by atoms with Crippen molar-refractivity contribution in [3.05, 3.63) is 41.1 Å². The molecule has 1 heteroatoms. The fraction of sp³-hybridized carbons (Fsp3) is 0.429. The zero-order chi connectivity index (χ0) is 10.7. The SMILES string of the molecule is Cc1ccc(NC2=CCCCC2)c(C)c1. The van der Waals surface area contributed by atoms with Crippen LogP contribution in [0.1, 0.15) is 36.8 Å². The minimum Gasteiger partial charge on any atom is -0.359 e. The van der Waals surface area contributed by atoms with Crippen LogP contribution in [0.4, 0.5) is 5.69 Å². The van der Waals surface area contributed by atoms with Gasteiger partial charge in [-0.05, 0) is 51.2 Å². The molecule has 0 fully saturated rings. The van der Waals surface area contributed by atoms with E-state index in [1.54, 1.807) is 0 Å².